The molecule has 0 saturated heterocycles. The average Bonchev–Trinajstić information content (AvgIpc) is 2.38. The van der Waals surface area contributed by atoms with E-state index in [1.807, 2.05) is 0 Å². The minimum Gasteiger partial charge on any atom is -0.435 e. The van der Waals surface area contributed by atoms with Crippen LogP contribution in [0.5, 0.6) is 17.4 Å². The smallest absolute Gasteiger partial charge is 0.435 e. The summed E-state index contributed by atoms with van der Waals surface area (Å²) in [6.45, 7) is 1.72. The highest BCUT2D eigenvalue weighted by Gasteiger charge is 2.32. The maximum atomic E-state index is 12.3. The molecular formula is C13H12F3N3O2. The molecule has 2 rings (SSSR count). The van der Waals surface area contributed by atoms with Crippen molar-refractivity contribution in [3.63, 3.8) is 0 Å². The van der Waals surface area contributed by atoms with Crippen LogP contribution in [0.3, 0.4) is 0 Å². The first-order chi connectivity index (χ1) is 9.87. The Morgan fingerprint density at radius 2 is 1.76 bits per heavy atom. The van der Waals surface area contributed by atoms with Crippen molar-refractivity contribution in [1.82, 2.24) is 9.97 Å². The molecule has 5 nitrogen and oxygen atoms in total. The zero-order valence-corrected chi connectivity index (χ0v) is 11.2. The van der Waals surface area contributed by atoms with Gasteiger partial charge in [0.1, 0.15) is 0 Å². The Kier molecular flexibility index (Phi) is 4.15. The second kappa shape index (κ2) is 5.86. The van der Waals surface area contributed by atoms with Gasteiger partial charge in [-0.3, -0.25) is 0 Å². The summed E-state index contributed by atoms with van der Waals surface area (Å²) in [4.78, 5) is 8.07. The van der Waals surface area contributed by atoms with Gasteiger partial charge in [0.25, 0.3) is 0 Å². The molecule has 0 amide bonds. The number of aryl methyl sites for hydroxylation is 1. The van der Waals surface area contributed by atoms with Gasteiger partial charge in [0.05, 0.1) is 0 Å². The minimum atomic E-state index is -4.79. The lowest BCUT2D eigenvalue weighted by Gasteiger charge is -2.13. The number of rotatable bonds is 4. The van der Waals surface area contributed by atoms with Crippen LogP contribution in [0.2, 0.25) is 0 Å². The number of para-hydroxylation sites is 2. The predicted molar refractivity (Wildman–Crippen MR) is 69.5 cm³/mol. The van der Waals surface area contributed by atoms with Gasteiger partial charge in [0.15, 0.2) is 11.5 Å². The lowest BCUT2D eigenvalue weighted by molar-refractivity contribution is -0.275. The third-order valence-electron chi connectivity index (χ3n) is 2.34. The highest BCUT2D eigenvalue weighted by molar-refractivity contribution is 5.42. The van der Waals surface area contributed by atoms with E-state index in [4.69, 9.17) is 4.74 Å². The molecule has 0 unspecified atom stereocenters. The van der Waals surface area contributed by atoms with Gasteiger partial charge in [-0.2, -0.15) is 4.98 Å². The maximum absolute atomic E-state index is 12.3. The number of halogens is 3. The molecule has 0 radical (unpaired) electrons. The average molecular weight is 299 g/mol. The van der Waals surface area contributed by atoms with Gasteiger partial charge in [-0.1, -0.05) is 12.1 Å². The highest BCUT2D eigenvalue weighted by atomic mass is 19.4. The molecule has 1 N–H and O–H groups in total. The van der Waals surface area contributed by atoms with Crippen molar-refractivity contribution in [2.24, 2.45) is 0 Å². The molecule has 0 fully saturated rings. The Morgan fingerprint density at radius 1 is 1.10 bits per heavy atom. The molecule has 0 saturated carbocycles. The fraction of sp³-hybridized carbons (Fsp3) is 0.231. The molecular weight excluding hydrogens is 287 g/mol. The van der Waals surface area contributed by atoms with Gasteiger partial charge in [-0.05, 0) is 19.1 Å². The molecule has 0 aliphatic carbocycles. The van der Waals surface area contributed by atoms with Crippen molar-refractivity contribution >= 4 is 5.95 Å². The van der Waals surface area contributed by atoms with E-state index < -0.39 is 12.1 Å². The van der Waals surface area contributed by atoms with Gasteiger partial charge in [-0.15, -0.1) is 13.2 Å². The Morgan fingerprint density at radius 3 is 2.38 bits per heavy atom. The topological polar surface area (TPSA) is 56.3 Å². The molecule has 1 aromatic heterocycles. The lowest BCUT2D eigenvalue weighted by atomic mass is 10.3. The quantitative estimate of drug-likeness (QED) is 0.936. The van der Waals surface area contributed by atoms with E-state index in [1.54, 1.807) is 14.0 Å². The number of alkyl halides is 3. The number of hydrogen-bond acceptors (Lipinski definition) is 5. The number of anilines is 1. The van der Waals surface area contributed by atoms with Crippen molar-refractivity contribution < 1.29 is 22.6 Å². The predicted octanol–water partition coefficient (Wildman–Crippen LogP) is 3.52. The van der Waals surface area contributed by atoms with E-state index >= 15 is 0 Å². The van der Waals surface area contributed by atoms with Gasteiger partial charge in [0.2, 0.25) is 11.8 Å². The van der Waals surface area contributed by atoms with Crippen molar-refractivity contribution in [2.45, 2.75) is 13.3 Å². The van der Waals surface area contributed by atoms with Crippen molar-refractivity contribution in [3.05, 3.63) is 36.0 Å². The Hall–Kier alpha value is -2.51. The molecule has 0 aliphatic heterocycles. The van der Waals surface area contributed by atoms with E-state index in [0.29, 0.717) is 11.6 Å². The normalized spacial score (nSPS) is 11.1. The SMILES string of the molecule is CNc1nc(C)cc(Oc2ccccc2OC(F)(F)F)n1. The van der Waals surface area contributed by atoms with Crippen LogP contribution in [-0.4, -0.2) is 23.4 Å². The van der Waals surface area contributed by atoms with Crippen molar-refractivity contribution in [1.29, 1.82) is 0 Å². The van der Waals surface area contributed by atoms with E-state index in [0.717, 1.165) is 6.07 Å². The number of hydrogen-bond donors (Lipinski definition) is 1. The Balaban J connectivity index is 2.29. The fourth-order valence-corrected chi connectivity index (χ4v) is 1.56. The molecule has 2 aromatic rings. The molecule has 21 heavy (non-hydrogen) atoms. The second-order valence-electron chi connectivity index (χ2n) is 4.02. The van der Waals surface area contributed by atoms with Gasteiger partial charge in [0, 0.05) is 18.8 Å². The van der Waals surface area contributed by atoms with E-state index in [-0.39, 0.29) is 11.6 Å². The number of nitrogens with one attached hydrogen (secondary N) is 1. The number of ether oxygens (including phenoxy) is 2. The zero-order valence-electron chi connectivity index (χ0n) is 11.2. The largest absolute Gasteiger partial charge is 0.573 e. The first-order valence-corrected chi connectivity index (χ1v) is 5.93. The second-order valence-corrected chi connectivity index (χ2v) is 4.02. The standard InChI is InChI=1S/C13H12F3N3O2/c1-8-7-11(19-12(17-2)18-8)20-9-5-3-4-6-10(9)21-13(14,15)16/h3-7H,1-2H3,(H,17,18,19). The third-order valence-corrected chi connectivity index (χ3v) is 2.34. The van der Waals surface area contributed by atoms with Crippen LogP contribution < -0.4 is 14.8 Å². The van der Waals surface area contributed by atoms with Gasteiger partial charge < -0.3 is 14.8 Å². The minimum absolute atomic E-state index is 0.0880. The van der Waals surface area contributed by atoms with Crippen LogP contribution in [0.15, 0.2) is 30.3 Å². The molecule has 1 heterocycles. The van der Waals surface area contributed by atoms with Crippen LogP contribution in [0.25, 0.3) is 0 Å². The summed E-state index contributed by atoms with van der Waals surface area (Å²) >= 11 is 0. The molecule has 0 aliphatic rings. The van der Waals surface area contributed by atoms with Crippen LogP contribution >= 0.6 is 0 Å². The number of aromatic nitrogens is 2. The fourth-order valence-electron chi connectivity index (χ4n) is 1.56. The van der Waals surface area contributed by atoms with E-state index in [9.17, 15) is 13.2 Å². The number of nitrogens with zero attached hydrogens (tertiary/aromatic N) is 2. The van der Waals surface area contributed by atoms with Crippen LogP contribution in [0.4, 0.5) is 19.1 Å². The van der Waals surface area contributed by atoms with Gasteiger partial charge >= 0.3 is 6.36 Å². The zero-order chi connectivity index (χ0) is 15.5. The van der Waals surface area contributed by atoms with Gasteiger partial charge in [-0.25, -0.2) is 4.98 Å². The maximum Gasteiger partial charge on any atom is 0.573 e. The molecule has 0 spiro atoms. The Labute approximate surface area is 118 Å². The third kappa shape index (κ3) is 4.23. The summed E-state index contributed by atoms with van der Waals surface area (Å²) < 4.78 is 46.3. The summed E-state index contributed by atoms with van der Waals surface area (Å²) in [5.41, 5.74) is 0.610. The first-order valence-electron chi connectivity index (χ1n) is 5.93. The van der Waals surface area contributed by atoms with E-state index in [1.165, 1.54) is 24.3 Å². The summed E-state index contributed by atoms with van der Waals surface area (Å²) in [6.07, 6.45) is -4.79. The van der Waals surface area contributed by atoms with Crippen LogP contribution in [-0.2, 0) is 0 Å². The molecule has 0 bridgehead atoms. The highest BCUT2D eigenvalue weighted by Crippen LogP contribution is 2.34. The monoisotopic (exact) mass is 299 g/mol. The lowest BCUT2D eigenvalue weighted by Crippen LogP contribution is -2.17. The Bertz CT molecular complexity index is 632. The molecule has 8 heteroatoms. The molecule has 112 valence electrons. The first kappa shape index (κ1) is 14.9. The summed E-state index contributed by atoms with van der Waals surface area (Å²) in [5, 5.41) is 2.73. The van der Waals surface area contributed by atoms with E-state index in [2.05, 4.69) is 20.0 Å². The summed E-state index contributed by atoms with van der Waals surface area (Å²) in [6, 6.07) is 6.97. The number of benzene rings is 1. The summed E-state index contributed by atoms with van der Waals surface area (Å²) in [7, 11) is 1.62. The van der Waals surface area contributed by atoms with Crippen LogP contribution in [0.1, 0.15) is 5.69 Å². The van der Waals surface area contributed by atoms with Crippen molar-refractivity contribution in [2.75, 3.05) is 12.4 Å². The van der Waals surface area contributed by atoms with Crippen molar-refractivity contribution in [3.8, 4) is 17.4 Å². The van der Waals surface area contributed by atoms with Crippen LogP contribution in [0, 0.1) is 6.92 Å². The summed E-state index contributed by atoms with van der Waals surface area (Å²) in [5.74, 6) is -0.105. The molecule has 1 aromatic carbocycles. The molecule has 0 atom stereocenters.